The first-order valence-corrected chi connectivity index (χ1v) is 3.53. The first kappa shape index (κ1) is 8.58. The lowest BCUT2D eigenvalue weighted by molar-refractivity contribution is -0.127. The zero-order valence-electron chi connectivity index (χ0n) is 5.24. The SMILES string of the molecule is FC(F)(F)Cc1n[nH]cc1Br. The summed E-state index contributed by atoms with van der Waals surface area (Å²) in [5.41, 5.74) is -0.0162. The lowest BCUT2D eigenvalue weighted by atomic mass is 10.3. The van der Waals surface area contributed by atoms with Gasteiger partial charge in [0, 0.05) is 6.20 Å². The largest absolute Gasteiger partial charge is 0.394 e. The van der Waals surface area contributed by atoms with Crippen molar-refractivity contribution < 1.29 is 13.2 Å². The molecule has 0 fully saturated rings. The molecule has 11 heavy (non-hydrogen) atoms. The van der Waals surface area contributed by atoms with Crippen molar-refractivity contribution in [2.24, 2.45) is 0 Å². The summed E-state index contributed by atoms with van der Waals surface area (Å²) in [6.07, 6.45) is -3.84. The smallest absolute Gasteiger partial charge is 0.284 e. The summed E-state index contributed by atoms with van der Waals surface area (Å²) in [7, 11) is 0. The van der Waals surface area contributed by atoms with Crippen LogP contribution >= 0.6 is 15.9 Å². The molecule has 0 unspecified atom stereocenters. The first-order chi connectivity index (χ1) is 4.99. The van der Waals surface area contributed by atoms with Crippen molar-refractivity contribution in [2.75, 3.05) is 0 Å². The molecular formula is C5H4BrF3N2. The topological polar surface area (TPSA) is 28.7 Å². The second-order valence-electron chi connectivity index (χ2n) is 1.97. The van der Waals surface area contributed by atoms with Crippen LogP contribution in [0.15, 0.2) is 10.7 Å². The van der Waals surface area contributed by atoms with Gasteiger partial charge in [-0.3, -0.25) is 5.10 Å². The van der Waals surface area contributed by atoms with Crippen LogP contribution in [0.3, 0.4) is 0 Å². The molecule has 0 saturated carbocycles. The molecule has 0 aromatic carbocycles. The van der Waals surface area contributed by atoms with E-state index < -0.39 is 12.6 Å². The Hall–Kier alpha value is -0.520. The van der Waals surface area contributed by atoms with E-state index in [9.17, 15) is 13.2 Å². The average Bonchev–Trinajstić information content (AvgIpc) is 2.12. The molecule has 0 aliphatic rings. The van der Waals surface area contributed by atoms with Gasteiger partial charge in [0.15, 0.2) is 0 Å². The molecule has 2 nitrogen and oxygen atoms in total. The van der Waals surface area contributed by atoms with E-state index in [0.717, 1.165) is 0 Å². The molecule has 0 radical (unpaired) electrons. The van der Waals surface area contributed by atoms with Crippen molar-refractivity contribution in [3.63, 3.8) is 0 Å². The minimum absolute atomic E-state index is 0.0162. The van der Waals surface area contributed by atoms with Gasteiger partial charge in [-0.1, -0.05) is 0 Å². The van der Waals surface area contributed by atoms with Gasteiger partial charge in [-0.25, -0.2) is 0 Å². The quantitative estimate of drug-likeness (QED) is 0.786. The molecular weight excluding hydrogens is 225 g/mol. The summed E-state index contributed by atoms with van der Waals surface area (Å²) in [5.74, 6) is 0. The van der Waals surface area contributed by atoms with Gasteiger partial charge in [0.05, 0.1) is 16.6 Å². The molecule has 62 valence electrons. The zero-order valence-corrected chi connectivity index (χ0v) is 6.83. The number of nitrogens with one attached hydrogen (secondary N) is 1. The molecule has 0 amide bonds. The summed E-state index contributed by atoms with van der Waals surface area (Å²) in [6, 6.07) is 0. The molecule has 1 N–H and O–H groups in total. The molecule has 0 atom stereocenters. The Morgan fingerprint density at radius 2 is 2.18 bits per heavy atom. The van der Waals surface area contributed by atoms with Crippen LogP contribution in [-0.2, 0) is 6.42 Å². The normalized spacial score (nSPS) is 12.0. The molecule has 0 aliphatic heterocycles. The minimum atomic E-state index is -4.20. The first-order valence-electron chi connectivity index (χ1n) is 2.74. The molecule has 0 aliphatic carbocycles. The number of aromatic nitrogens is 2. The molecule has 1 rings (SSSR count). The third-order valence-corrected chi connectivity index (χ3v) is 1.72. The fraction of sp³-hybridized carbons (Fsp3) is 0.400. The maximum Gasteiger partial charge on any atom is 0.394 e. The summed E-state index contributed by atoms with van der Waals surface area (Å²) < 4.78 is 35.5. The lowest BCUT2D eigenvalue weighted by Crippen LogP contribution is -2.12. The van der Waals surface area contributed by atoms with Crippen LogP contribution in [0.4, 0.5) is 13.2 Å². The standard InChI is InChI=1S/C5H4BrF3N2/c6-3-2-10-11-4(3)1-5(7,8)9/h2H,1H2,(H,10,11). The number of aromatic amines is 1. The van der Waals surface area contributed by atoms with Gasteiger partial charge in [-0.2, -0.15) is 18.3 Å². The Kier molecular flexibility index (Phi) is 2.22. The minimum Gasteiger partial charge on any atom is -0.284 e. The van der Waals surface area contributed by atoms with E-state index in [1.54, 1.807) is 0 Å². The van der Waals surface area contributed by atoms with E-state index in [4.69, 9.17) is 0 Å². The van der Waals surface area contributed by atoms with E-state index in [2.05, 4.69) is 26.1 Å². The Morgan fingerprint density at radius 1 is 1.55 bits per heavy atom. The summed E-state index contributed by atoms with van der Waals surface area (Å²) in [5, 5.41) is 5.73. The van der Waals surface area contributed by atoms with E-state index in [1.165, 1.54) is 6.20 Å². The van der Waals surface area contributed by atoms with Gasteiger partial charge in [0.2, 0.25) is 0 Å². The Bertz CT molecular complexity index is 242. The fourth-order valence-corrected chi connectivity index (χ4v) is 0.949. The molecule has 0 saturated heterocycles. The van der Waals surface area contributed by atoms with E-state index in [0.29, 0.717) is 4.47 Å². The van der Waals surface area contributed by atoms with Crippen LogP contribution in [0.25, 0.3) is 0 Å². The highest BCUT2D eigenvalue weighted by molar-refractivity contribution is 9.10. The third-order valence-electron chi connectivity index (χ3n) is 1.03. The van der Waals surface area contributed by atoms with Gasteiger partial charge >= 0.3 is 6.18 Å². The lowest BCUT2D eigenvalue weighted by Gasteiger charge is -2.02. The van der Waals surface area contributed by atoms with Crippen molar-refractivity contribution in [3.05, 3.63) is 16.4 Å². The molecule has 1 heterocycles. The second kappa shape index (κ2) is 2.84. The third kappa shape index (κ3) is 2.53. The number of hydrogen-bond donors (Lipinski definition) is 1. The highest BCUT2D eigenvalue weighted by Crippen LogP contribution is 2.24. The Morgan fingerprint density at radius 3 is 2.55 bits per heavy atom. The molecule has 0 bridgehead atoms. The Labute approximate surface area is 68.9 Å². The number of nitrogens with zero attached hydrogens (tertiary/aromatic N) is 1. The van der Waals surface area contributed by atoms with Crippen molar-refractivity contribution in [1.82, 2.24) is 10.2 Å². The van der Waals surface area contributed by atoms with Gasteiger partial charge in [-0.15, -0.1) is 0 Å². The maximum absolute atomic E-state index is 11.7. The highest BCUT2D eigenvalue weighted by Gasteiger charge is 2.29. The van der Waals surface area contributed by atoms with Crippen LogP contribution in [0.5, 0.6) is 0 Å². The van der Waals surface area contributed by atoms with E-state index in [1.807, 2.05) is 0 Å². The predicted octanol–water partition coefficient (Wildman–Crippen LogP) is 2.28. The second-order valence-corrected chi connectivity index (χ2v) is 2.83. The molecule has 0 spiro atoms. The fourth-order valence-electron chi connectivity index (χ4n) is 0.617. The highest BCUT2D eigenvalue weighted by atomic mass is 79.9. The summed E-state index contributed by atoms with van der Waals surface area (Å²) in [4.78, 5) is 0. The number of alkyl halides is 3. The number of H-pyrrole nitrogens is 1. The zero-order chi connectivity index (χ0) is 8.48. The number of halogens is 4. The summed E-state index contributed by atoms with van der Waals surface area (Å²) >= 11 is 2.93. The maximum atomic E-state index is 11.7. The number of hydrogen-bond acceptors (Lipinski definition) is 1. The van der Waals surface area contributed by atoms with Crippen molar-refractivity contribution in [3.8, 4) is 0 Å². The van der Waals surface area contributed by atoms with Gasteiger partial charge < -0.3 is 0 Å². The predicted molar refractivity (Wildman–Crippen MR) is 36.0 cm³/mol. The molecule has 1 aromatic rings. The number of rotatable bonds is 1. The molecule has 1 aromatic heterocycles. The van der Waals surface area contributed by atoms with Crippen LogP contribution in [0, 0.1) is 0 Å². The Balaban J connectivity index is 2.72. The van der Waals surface area contributed by atoms with Crippen LogP contribution in [0.1, 0.15) is 5.69 Å². The van der Waals surface area contributed by atoms with Crippen molar-refractivity contribution >= 4 is 15.9 Å². The van der Waals surface area contributed by atoms with Gasteiger partial charge in [-0.05, 0) is 15.9 Å². The van der Waals surface area contributed by atoms with Gasteiger partial charge in [0.25, 0.3) is 0 Å². The summed E-state index contributed by atoms with van der Waals surface area (Å²) in [6.45, 7) is 0. The van der Waals surface area contributed by atoms with E-state index >= 15 is 0 Å². The average molecular weight is 229 g/mol. The van der Waals surface area contributed by atoms with Crippen LogP contribution < -0.4 is 0 Å². The van der Waals surface area contributed by atoms with Gasteiger partial charge in [0.1, 0.15) is 0 Å². The van der Waals surface area contributed by atoms with Crippen LogP contribution in [0.2, 0.25) is 0 Å². The van der Waals surface area contributed by atoms with Crippen LogP contribution in [-0.4, -0.2) is 16.4 Å². The molecule has 6 heteroatoms. The van der Waals surface area contributed by atoms with E-state index in [-0.39, 0.29) is 5.69 Å². The van der Waals surface area contributed by atoms with Crippen molar-refractivity contribution in [2.45, 2.75) is 12.6 Å². The monoisotopic (exact) mass is 228 g/mol. The van der Waals surface area contributed by atoms with Crippen molar-refractivity contribution in [1.29, 1.82) is 0 Å².